The maximum Gasteiger partial charge on any atom is 0.276 e. The highest BCUT2D eigenvalue weighted by Gasteiger charge is 2.46. The van der Waals surface area contributed by atoms with Crippen LogP contribution < -0.4 is 26.0 Å². The van der Waals surface area contributed by atoms with Crippen LogP contribution in [0.4, 0.5) is 23.0 Å². The lowest BCUT2D eigenvalue weighted by molar-refractivity contribution is -0.136. The first-order valence-corrected chi connectivity index (χ1v) is 23.5. The van der Waals surface area contributed by atoms with E-state index in [0.29, 0.717) is 58.8 Å². The van der Waals surface area contributed by atoms with Crippen LogP contribution >= 0.6 is 0 Å². The third kappa shape index (κ3) is 7.21. The normalized spacial score (nSPS) is 21.2. The molecule has 5 aromatic rings. The number of aliphatic hydroxyl groups is 1. The van der Waals surface area contributed by atoms with E-state index < -0.39 is 29.7 Å². The maximum atomic E-state index is 14.0. The number of amides is 5. The van der Waals surface area contributed by atoms with Gasteiger partial charge in [0.15, 0.2) is 0 Å². The van der Waals surface area contributed by atoms with Gasteiger partial charge in [-0.3, -0.25) is 48.8 Å². The molecular formula is C51H54N10O7. The van der Waals surface area contributed by atoms with Crippen LogP contribution in [-0.4, -0.2) is 108 Å². The smallest absolute Gasteiger partial charge is 0.276 e. The van der Waals surface area contributed by atoms with Gasteiger partial charge < -0.3 is 24.5 Å². The van der Waals surface area contributed by atoms with Crippen LogP contribution in [0.25, 0.3) is 11.1 Å². The van der Waals surface area contributed by atoms with E-state index in [-0.39, 0.29) is 52.9 Å². The Labute approximate surface area is 392 Å². The molecule has 5 aliphatic heterocycles. The van der Waals surface area contributed by atoms with E-state index in [1.807, 2.05) is 24.4 Å². The van der Waals surface area contributed by atoms with E-state index in [4.69, 9.17) is 4.98 Å². The lowest BCUT2D eigenvalue weighted by atomic mass is 9.74. The number of benzene rings is 1. The molecule has 17 heteroatoms. The Bertz CT molecular complexity index is 3030. The Morgan fingerprint density at radius 3 is 2.35 bits per heavy atom. The van der Waals surface area contributed by atoms with Crippen LogP contribution in [0.15, 0.2) is 71.9 Å². The molecule has 0 radical (unpaired) electrons. The summed E-state index contributed by atoms with van der Waals surface area (Å²) in [7, 11) is 1.68. The molecule has 0 bridgehead atoms. The standard InChI is InChI=1S/C51H54N10O7/c1-50(2)22-29-20-40-49(68)60(18-17-59(40)41(29)23-50)44-37(28-62)34(11-14-52-44)30-19-38(48(67)56(4)25-30)54-42-9-5-31(24-53-42)51(3)12-15-57(16-13-51)33-26-58(27-33)32-6-7-35-36(21-32)47(66)61(46(35)65)39-8-10-43(63)55-45(39)64/h5-7,9,11,14,19-21,24-25,33,39,62H,8,10,12-13,15-18,22-23,26-28H2,1-4H3,(H,53,54)(H,55,63,64). The Morgan fingerprint density at radius 2 is 1.62 bits per heavy atom. The summed E-state index contributed by atoms with van der Waals surface area (Å²) in [6.45, 7) is 10.9. The molecule has 11 rings (SSSR count). The number of likely N-dealkylation sites (tertiary alicyclic amines) is 1. The van der Waals surface area contributed by atoms with Crippen molar-refractivity contribution in [2.75, 3.05) is 47.8 Å². The molecule has 17 nitrogen and oxygen atoms in total. The molecule has 1 aliphatic carbocycles. The van der Waals surface area contributed by atoms with Gasteiger partial charge >= 0.3 is 0 Å². The number of nitrogens with one attached hydrogen (secondary N) is 2. The number of anilines is 4. The molecule has 9 heterocycles. The Kier molecular flexibility index (Phi) is 10.3. The van der Waals surface area contributed by atoms with Gasteiger partial charge in [-0.05, 0) is 115 Å². The second-order valence-electron chi connectivity index (χ2n) is 20.4. The molecular weight excluding hydrogens is 865 g/mol. The van der Waals surface area contributed by atoms with Crippen LogP contribution in [0.5, 0.6) is 0 Å². The molecule has 1 aromatic carbocycles. The SMILES string of the molecule is Cn1cc(-c2ccnc(N3CCn4c(cc5c4CC(C)(C)C5)C3=O)c2CO)cc(Nc2ccc(C3(C)CCN(C4CN(c5ccc6c(c5)C(=O)N(C5CCC(=O)NC5=O)C6=O)C4)CC3)cn2)c1=O. The highest BCUT2D eigenvalue weighted by atomic mass is 16.3. The minimum Gasteiger partial charge on any atom is -0.392 e. The fraction of sp³-hybridized carbons (Fsp3) is 0.412. The van der Waals surface area contributed by atoms with Crippen LogP contribution in [0.2, 0.25) is 0 Å². The van der Waals surface area contributed by atoms with Gasteiger partial charge in [-0.25, -0.2) is 9.97 Å². The van der Waals surface area contributed by atoms with Crippen molar-refractivity contribution in [3.63, 3.8) is 0 Å². The van der Waals surface area contributed by atoms with Crippen molar-refractivity contribution in [1.82, 2.24) is 34.2 Å². The van der Waals surface area contributed by atoms with Gasteiger partial charge in [0, 0.05) is 86.8 Å². The molecule has 0 spiro atoms. The first-order valence-electron chi connectivity index (χ1n) is 23.5. The number of piperidine rings is 2. The van der Waals surface area contributed by atoms with Gasteiger partial charge in [0.2, 0.25) is 11.8 Å². The zero-order valence-electron chi connectivity index (χ0n) is 38.7. The summed E-state index contributed by atoms with van der Waals surface area (Å²) < 4.78 is 3.66. The molecule has 1 atom stereocenters. The van der Waals surface area contributed by atoms with Crippen molar-refractivity contribution in [2.24, 2.45) is 12.5 Å². The van der Waals surface area contributed by atoms with Crippen LogP contribution in [0, 0.1) is 5.41 Å². The number of hydrogen-bond donors (Lipinski definition) is 3. The van der Waals surface area contributed by atoms with Crippen molar-refractivity contribution in [1.29, 1.82) is 0 Å². The number of aromatic nitrogens is 4. The Hall–Kier alpha value is -6.98. The van der Waals surface area contributed by atoms with Gasteiger partial charge in [0.1, 0.15) is 29.1 Å². The zero-order chi connectivity index (χ0) is 47.4. The van der Waals surface area contributed by atoms with E-state index in [1.54, 1.807) is 48.6 Å². The molecule has 5 amide bonds. The number of rotatable bonds is 9. The van der Waals surface area contributed by atoms with Crippen molar-refractivity contribution in [3.05, 3.63) is 117 Å². The second-order valence-corrected chi connectivity index (χ2v) is 20.4. The summed E-state index contributed by atoms with van der Waals surface area (Å²) in [6, 6.07) is 14.2. The van der Waals surface area contributed by atoms with Gasteiger partial charge in [-0.15, -0.1) is 0 Å². The van der Waals surface area contributed by atoms with E-state index in [9.17, 15) is 33.9 Å². The van der Waals surface area contributed by atoms with Gasteiger partial charge in [0.05, 0.1) is 17.7 Å². The predicted molar refractivity (Wildman–Crippen MR) is 253 cm³/mol. The number of hydrogen-bond acceptors (Lipinski definition) is 12. The largest absolute Gasteiger partial charge is 0.392 e. The third-order valence-electron chi connectivity index (χ3n) is 15.4. The van der Waals surface area contributed by atoms with Crippen LogP contribution in [0.1, 0.15) is 100 Å². The van der Waals surface area contributed by atoms with E-state index >= 15 is 0 Å². The van der Waals surface area contributed by atoms with Crippen molar-refractivity contribution in [3.8, 4) is 11.1 Å². The molecule has 350 valence electrons. The number of aliphatic hydroxyl groups excluding tert-OH is 1. The average Bonchev–Trinajstić information content (AvgIpc) is 3.89. The Morgan fingerprint density at radius 1 is 0.838 bits per heavy atom. The first-order chi connectivity index (χ1) is 32.6. The van der Waals surface area contributed by atoms with Crippen LogP contribution in [-0.2, 0) is 48.0 Å². The minimum atomic E-state index is -0.994. The quantitative estimate of drug-likeness (QED) is 0.178. The first kappa shape index (κ1) is 43.6. The van der Waals surface area contributed by atoms with E-state index in [1.165, 1.54) is 15.8 Å². The third-order valence-corrected chi connectivity index (χ3v) is 15.4. The fourth-order valence-corrected chi connectivity index (χ4v) is 11.4. The average molecular weight is 919 g/mol. The van der Waals surface area contributed by atoms with E-state index in [0.717, 1.165) is 68.0 Å². The number of nitrogens with zero attached hydrogens (tertiary/aromatic N) is 8. The number of aryl methyl sites for hydroxylation is 1. The molecule has 6 aliphatic rings. The molecule has 4 aromatic heterocycles. The summed E-state index contributed by atoms with van der Waals surface area (Å²) in [6.07, 6.45) is 9.19. The number of carbonyl (C=O) groups excluding carboxylic acids is 5. The number of pyridine rings is 3. The summed E-state index contributed by atoms with van der Waals surface area (Å²) >= 11 is 0. The topological polar surface area (TPSA) is 195 Å². The van der Waals surface area contributed by atoms with Crippen molar-refractivity contribution < 1.29 is 29.1 Å². The lowest BCUT2D eigenvalue weighted by Crippen LogP contribution is -2.61. The lowest BCUT2D eigenvalue weighted by Gasteiger charge is -2.50. The highest BCUT2D eigenvalue weighted by Crippen LogP contribution is 2.41. The maximum absolute atomic E-state index is 14.0. The molecule has 3 saturated heterocycles. The van der Waals surface area contributed by atoms with Gasteiger partial charge in [-0.2, -0.15) is 0 Å². The highest BCUT2D eigenvalue weighted by molar-refractivity contribution is 6.23. The van der Waals surface area contributed by atoms with Gasteiger partial charge in [0.25, 0.3) is 23.3 Å². The minimum absolute atomic E-state index is 0.0762. The number of imide groups is 2. The molecule has 68 heavy (non-hydrogen) atoms. The monoisotopic (exact) mass is 918 g/mol. The molecule has 0 saturated carbocycles. The van der Waals surface area contributed by atoms with Crippen LogP contribution in [0.3, 0.4) is 0 Å². The molecule has 3 N–H and O–H groups in total. The Balaban J connectivity index is 0.728. The summed E-state index contributed by atoms with van der Waals surface area (Å²) in [4.78, 5) is 95.0. The fourth-order valence-electron chi connectivity index (χ4n) is 11.4. The van der Waals surface area contributed by atoms with Gasteiger partial charge in [-0.1, -0.05) is 26.8 Å². The summed E-state index contributed by atoms with van der Waals surface area (Å²) in [5.74, 6) is -1.24. The number of fused-ring (bicyclic) bond motifs is 4. The number of carbonyl (C=O) groups is 5. The zero-order valence-corrected chi connectivity index (χ0v) is 38.7. The summed E-state index contributed by atoms with van der Waals surface area (Å²) in [5, 5.41) is 16.3. The predicted octanol–water partition coefficient (Wildman–Crippen LogP) is 4.31. The van der Waals surface area contributed by atoms with E-state index in [2.05, 4.69) is 56.8 Å². The summed E-state index contributed by atoms with van der Waals surface area (Å²) in [5.41, 5.74) is 7.67. The second kappa shape index (κ2) is 16.1. The molecule has 3 fully saturated rings. The molecule has 1 unspecified atom stereocenters. The van der Waals surface area contributed by atoms with Crippen molar-refractivity contribution in [2.45, 2.75) is 89.9 Å². The van der Waals surface area contributed by atoms with Crippen molar-refractivity contribution >= 4 is 52.5 Å².